The molecule has 132 valence electrons. The van der Waals surface area contributed by atoms with Crippen LogP contribution in [0.4, 0.5) is 0 Å². The molecule has 0 spiro atoms. The van der Waals surface area contributed by atoms with Crippen molar-refractivity contribution < 1.29 is 9.84 Å². The molecule has 0 saturated heterocycles. The Morgan fingerprint density at radius 1 is 1.48 bits per heavy atom. The van der Waals surface area contributed by atoms with Gasteiger partial charge in [0, 0.05) is 38.5 Å². The number of aryl methyl sites for hydroxylation is 1. The zero-order valence-electron chi connectivity index (χ0n) is 15.0. The molecule has 1 heterocycles. The molecular formula is C16H31N5O2. The Kier molecular flexibility index (Phi) is 8.05. The van der Waals surface area contributed by atoms with E-state index in [2.05, 4.69) is 34.6 Å². The van der Waals surface area contributed by atoms with E-state index in [-0.39, 0.29) is 6.54 Å². The minimum Gasteiger partial charge on any atom is -0.383 e. The third-order valence-electron chi connectivity index (χ3n) is 3.21. The number of nitrogens with one attached hydrogen (secondary N) is 2. The number of nitrogens with zero attached hydrogens (tertiary/aromatic N) is 3. The first kappa shape index (κ1) is 19.4. The molecule has 0 bridgehead atoms. The van der Waals surface area contributed by atoms with Gasteiger partial charge in [-0.05, 0) is 19.8 Å². The summed E-state index contributed by atoms with van der Waals surface area (Å²) in [4.78, 5) is 4.46. The maximum Gasteiger partial charge on any atom is 0.191 e. The number of hydrogen-bond acceptors (Lipinski definition) is 4. The topological polar surface area (TPSA) is 83.7 Å². The van der Waals surface area contributed by atoms with E-state index < -0.39 is 5.60 Å². The molecule has 0 amide bonds. The van der Waals surface area contributed by atoms with Gasteiger partial charge in [-0.25, -0.2) is 4.99 Å². The van der Waals surface area contributed by atoms with Crippen LogP contribution in [0.3, 0.4) is 0 Å². The summed E-state index contributed by atoms with van der Waals surface area (Å²) in [5.74, 6) is 1.20. The summed E-state index contributed by atoms with van der Waals surface area (Å²) in [6.07, 6.45) is 3.46. The third-order valence-corrected chi connectivity index (χ3v) is 3.21. The highest BCUT2D eigenvalue weighted by atomic mass is 16.5. The predicted molar refractivity (Wildman–Crippen MR) is 92.4 cm³/mol. The maximum absolute atomic E-state index is 10.5. The molecule has 1 aromatic rings. The number of hydrogen-bond donors (Lipinski definition) is 3. The average Bonchev–Trinajstić information content (AvgIpc) is 2.91. The number of aliphatic imine (C=N–C) groups is 1. The number of aromatic nitrogens is 2. The minimum atomic E-state index is -1.05. The lowest BCUT2D eigenvalue weighted by Crippen LogP contribution is -2.40. The van der Waals surface area contributed by atoms with Gasteiger partial charge in [0.05, 0.1) is 19.3 Å². The SMILES string of the molecule is CCNC(=NCC(C)(O)c1cnn(C)c1)NCCOCC(C)C. The average molecular weight is 325 g/mol. The van der Waals surface area contributed by atoms with E-state index in [1.807, 2.05) is 14.0 Å². The second kappa shape index (κ2) is 9.52. The molecule has 1 atom stereocenters. The molecule has 0 fully saturated rings. The monoisotopic (exact) mass is 325 g/mol. The van der Waals surface area contributed by atoms with E-state index in [0.29, 0.717) is 25.0 Å². The zero-order chi connectivity index (χ0) is 17.3. The van der Waals surface area contributed by atoms with Crippen molar-refractivity contribution in [2.24, 2.45) is 18.0 Å². The zero-order valence-corrected chi connectivity index (χ0v) is 15.0. The molecule has 0 aliphatic rings. The summed E-state index contributed by atoms with van der Waals surface area (Å²) in [5.41, 5.74) is -0.301. The number of ether oxygens (including phenoxy) is 1. The smallest absolute Gasteiger partial charge is 0.191 e. The summed E-state index contributed by atoms with van der Waals surface area (Å²) in [5, 5.41) is 21.0. The third kappa shape index (κ3) is 7.47. The first-order chi connectivity index (χ1) is 10.8. The summed E-state index contributed by atoms with van der Waals surface area (Å²) in [6, 6.07) is 0. The van der Waals surface area contributed by atoms with Gasteiger partial charge in [0.1, 0.15) is 5.60 Å². The van der Waals surface area contributed by atoms with E-state index in [4.69, 9.17) is 4.74 Å². The predicted octanol–water partition coefficient (Wildman–Crippen LogP) is 0.855. The van der Waals surface area contributed by atoms with Crippen molar-refractivity contribution >= 4 is 5.96 Å². The fourth-order valence-electron chi connectivity index (χ4n) is 1.93. The highest BCUT2D eigenvalue weighted by Gasteiger charge is 2.24. The van der Waals surface area contributed by atoms with Crippen molar-refractivity contribution in [3.8, 4) is 0 Å². The summed E-state index contributed by atoms with van der Waals surface area (Å²) in [7, 11) is 1.83. The van der Waals surface area contributed by atoms with Crippen LogP contribution < -0.4 is 10.6 Å². The van der Waals surface area contributed by atoms with Gasteiger partial charge >= 0.3 is 0 Å². The minimum absolute atomic E-state index is 0.251. The van der Waals surface area contributed by atoms with E-state index >= 15 is 0 Å². The van der Waals surface area contributed by atoms with Crippen LogP contribution in [-0.2, 0) is 17.4 Å². The molecule has 0 radical (unpaired) electrons. The summed E-state index contributed by atoms with van der Waals surface area (Å²) in [6.45, 7) is 11.1. The lowest BCUT2D eigenvalue weighted by molar-refractivity contribution is 0.0671. The molecule has 0 aliphatic carbocycles. The van der Waals surface area contributed by atoms with E-state index in [1.165, 1.54) is 0 Å². The Morgan fingerprint density at radius 3 is 2.78 bits per heavy atom. The number of rotatable bonds is 9. The first-order valence-corrected chi connectivity index (χ1v) is 8.16. The highest BCUT2D eigenvalue weighted by Crippen LogP contribution is 2.19. The van der Waals surface area contributed by atoms with Crippen molar-refractivity contribution in [2.45, 2.75) is 33.3 Å². The van der Waals surface area contributed by atoms with Crippen LogP contribution in [0, 0.1) is 5.92 Å². The van der Waals surface area contributed by atoms with Crippen LogP contribution in [0.2, 0.25) is 0 Å². The Balaban J connectivity index is 2.50. The summed E-state index contributed by atoms with van der Waals surface area (Å²) < 4.78 is 7.21. The van der Waals surface area contributed by atoms with E-state index in [1.54, 1.807) is 24.0 Å². The van der Waals surface area contributed by atoms with Crippen molar-refractivity contribution in [2.75, 3.05) is 32.8 Å². The Bertz CT molecular complexity index is 483. The molecule has 7 nitrogen and oxygen atoms in total. The van der Waals surface area contributed by atoms with Crippen molar-refractivity contribution in [3.05, 3.63) is 18.0 Å². The van der Waals surface area contributed by atoms with Gasteiger partial charge in [0.25, 0.3) is 0 Å². The number of guanidine groups is 1. The molecule has 0 aromatic carbocycles. The number of aliphatic hydroxyl groups is 1. The lowest BCUT2D eigenvalue weighted by Gasteiger charge is -2.20. The molecule has 1 rings (SSSR count). The van der Waals surface area contributed by atoms with Crippen LogP contribution in [0.5, 0.6) is 0 Å². The second-order valence-electron chi connectivity index (χ2n) is 6.27. The molecule has 0 aliphatic heterocycles. The maximum atomic E-state index is 10.5. The van der Waals surface area contributed by atoms with Gasteiger partial charge in [-0.15, -0.1) is 0 Å². The van der Waals surface area contributed by atoms with Crippen molar-refractivity contribution in [1.29, 1.82) is 0 Å². The van der Waals surface area contributed by atoms with Gasteiger partial charge in [-0.1, -0.05) is 13.8 Å². The first-order valence-electron chi connectivity index (χ1n) is 8.16. The molecular weight excluding hydrogens is 294 g/mol. The second-order valence-corrected chi connectivity index (χ2v) is 6.27. The summed E-state index contributed by atoms with van der Waals surface area (Å²) >= 11 is 0. The van der Waals surface area contributed by atoms with Crippen molar-refractivity contribution in [3.63, 3.8) is 0 Å². The Labute approximate surface area is 139 Å². The van der Waals surface area contributed by atoms with Gasteiger partial charge in [-0.2, -0.15) is 5.10 Å². The van der Waals surface area contributed by atoms with Crippen LogP contribution in [0.1, 0.15) is 33.3 Å². The van der Waals surface area contributed by atoms with Crippen LogP contribution >= 0.6 is 0 Å². The van der Waals surface area contributed by atoms with E-state index in [9.17, 15) is 5.11 Å². The Morgan fingerprint density at radius 2 is 2.22 bits per heavy atom. The van der Waals surface area contributed by atoms with Gasteiger partial charge in [0.2, 0.25) is 0 Å². The largest absolute Gasteiger partial charge is 0.383 e. The van der Waals surface area contributed by atoms with E-state index in [0.717, 1.165) is 18.7 Å². The normalized spacial score (nSPS) is 14.8. The molecule has 7 heteroatoms. The fraction of sp³-hybridized carbons (Fsp3) is 0.750. The highest BCUT2D eigenvalue weighted by molar-refractivity contribution is 5.79. The molecule has 1 unspecified atom stereocenters. The molecule has 23 heavy (non-hydrogen) atoms. The molecule has 0 saturated carbocycles. The standard InChI is InChI=1S/C16H31N5O2/c1-6-17-15(18-7-8-23-11-13(2)3)19-12-16(4,22)14-9-20-21(5)10-14/h9-10,13,22H,6-8,11-12H2,1-5H3,(H2,17,18,19). The lowest BCUT2D eigenvalue weighted by atomic mass is 10.0. The van der Waals surface area contributed by atoms with Crippen LogP contribution in [0.15, 0.2) is 17.4 Å². The van der Waals surface area contributed by atoms with Gasteiger partial charge in [0.15, 0.2) is 5.96 Å². The van der Waals surface area contributed by atoms with Crippen LogP contribution in [-0.4, -0.2) is 53.7 Å². The van der Waals surface area contributed by atoms with Crippen LogP contribution in [0.25, 0.3) is 0 Å². The van der Waals surface area contributed by atoms with Gasteiger partial charge < -0.3 is 20.5 Å². The fourth-order valence-corrected chi connectivity index (χ4v) is 1.93. The Hall–Kier alpha value is -1.60. The van der Waals surface area contributed by atoms with Crippen molar-refractivity contribution in [1.82, 2.24) is 20.4 Å². The molecule has 3 N–H and O–H groups in total. The quantitative estimate of drug-likeness (QED) is 0.356. The van der Waals surface area contributed by atoms with Gasteiger partial charge in [-0.3, -0.25) is 4.68 Å². The molecule has 1 aromatic heterocycles.